The summed E-state index contributed by atoms with van der Waals surface area (Å²) in [6.07, 6.45) is 0.290. The van der Waals surface area contributed by atoms with E-state index in [-0.39, 0.29) is 18.3 Å². The van der Waals surface area contributed by atoms with Gasteiger partial charge in [-0.2, -0.15) is 0 Å². The summed E-state index contributed by atoms with van der Waals surface area (Å²) in [6, 6.07) is 7.63. The minimum Gasteiger partial charge on any atom is -0.481 e. The smallest absolute Gasteiger partial charge is 0.260 e. The van der Waals surface area contributed by atoms with Crippen molar-refractivity contribution in [3.8, 4) is 5.75 Å². The van der Waals surface area contributed by atoms with Crippen molar-refractivity contribution >= 4 is 18.3 Å². The first-order chi connectivity index (χ1) is 8.13. The van der Waals surface area contributed by atoms with Gasteiger partial charge in [0.1, 0.15) is 5.75 Å². The number of hydrogen-bond donors (Lipinski definition) is 2. The topological polar surface area (TPSA) is 64.3 Å². The van der Waals surface area contributed by atoms with Crippen LogP contribution >= 0.6 is 12.4 Å². The van der Waals surface area contributed by atoms with Crippen LogP contribution in [0.1, 0.15) is 18.9 Å². The Balaban J connectivity index is 0.00000289. The molecular formula is C13H21ClN2O2. The number of aryl methyl sites for hydroxylation is 1. The molecule has 4 nitrogen and oxygen atoms in total. The molecule has 1 amide bonds. The van der Waals surface area contributed by atoms with Crippen LogP contribution in [0.15, 0.2) is 24.3 Å². The number of carbonyl (C=O) groups is 1. The molecule has 0 saturated carbocycles. The number of benzene rings is 1. The molecule has 0 heterocycles. The van der Waals surface area contributed by atoms with E-state index < -0.39 is 6.10 Å². The van der Waals surface area contributed by atoms with E-state index in [2.05, 4.69) is 5.32 Å². The van der Waals surface area contributed by atoms with Gasteiger partial charge in [-0.25, -0.2) is 0 Å². The van der Waals surface area contributed by atoms with Gasteiger partial charge in [-0.1, -0.05) is 17.7 Å². The Kier molecular flexibility index (Phi) is 8.16. The predicted molar refractivity (Wildman–Crippen MR) is 75.2 cm³/mol. The van der Waals surface area contributed by atoms with Gasteiger partial charge < -0.3 is 15.8 Å². The van der Waals surface area contributed by atoms with Gasteiger partial charge in [-0.05, 0) is 38.9 Å². The molecule has 3 N–H and O–H groups in total. The fourth-order valence-corrected chi connectivity index (χ4v) is 1.33. The van der Waals surface area contributed by atoms with E-state index in [9.17, 15) is 4.79 Å². The summed E-state index contributed by atoms with van der Waals surface area (Å²) in [5.41, 5.74) is 6.51. The van der Waals surface area contributed by atoms with E-state index in [1.165, 1.54) is 0 Å². The number of carbonyl (C=O) groups excluding carboxylic acids is 1. The highest BCUT2D eigenvalue weighted by Gasteiger charge is 2.13. The molecule has 0 aromatic heterocycles. The van der Waals surface area contributed by atoms with Crippen molar-refractivity contribution in [2.75, 3.05) is 13.1 Å². The highest BCUT2D eigenvalue weighted by molar-refractivity contribution is 5.85. The second-order valence-corrected chi connectivity index (χ2v) is 4.01. The van der Waals surface area contributed by atoms with Crippen LogP contribution in [0, 0.1) is 6.92 Å². The molecule has 0 aliphatic heterocycles. The number of halogens is 1. The second kappa shape index (κ2) is 8.78. The van der Waals surface area contributed by atoms with Crippen LogP contribution in [0.25, 0.3) is 0 Å². The van der Waals surface area contributed by atoms with E-state index in [1.807, 2.05) is 31.2 Å². The molecule has 0 aliphatic carbocycles. The van der Waals surface area contributed by atoms with Crippen molar-refractivity contribution in [2.24, 2.45) is 5.73 Å². The van der Waals surface area contributed by atoms with Crippen LogP contribution in [0.3, 0.4) is 0 Å². The molecular weight excluding hydrogens is 252 g/mol. The van der Waals surface area contributed by atoms with E-state index in [1.54, 1.807) is 6.92 Å². The molecule has 0 aliphatic rings. The molecule has 0 saturated heterocycles. The van der Waals surface area contributed by atoms with Crippen LogP contribution < -0.4 is 15.8 Å². The highest BCUT2D eigenvalue weighted by Crippen LogP contribution is 2.13. The van der Waals surface area contributed by atoms with Crippen LogP contribution in [0.5, 0.6) is 5.75 Å². The van der Waals surface area contributed by atoms with Crippen molar-refractivity contribution in [1.82, 2.24) is 5.32 Å². The first-order valence-electron chi connectivity index (χ1n) is 5.84. The molecule has 5 heteroatoms. The molecule has 102 valence electrons. The van der Waals surface area contributed by atoms with Gasteiger partial charge in [-0.3, -0.25) is 4.79 Å². The Bertz CT molecular complexity index is 355. The van der Waals surface area contributed by atoms with E-state index >= 15 is 0 Å². The third-order valence-corrected chi connectivity index (χ3v) is 2.38. The van der Waals surface area contributed by atoms with Crippen molar-refractivity contribution in [1.29, 1.82) is 0 Å². The molecule has 0 bridgehead atoms. The number of nitrogens with two attached hydrogens (primary N) is 1. The number of nitrogens with one attached hydrogen (secondary N) is 1. The normalized spacial score (nSPS) is 11.3. The molecule has 0 spiro atoms. The van der Waals surface area contributed by atoms with Crippen molar-refractivity contribution < 1.29 is 9.53 Å². The zero-order valence-corrected chi connectivity index (χ0v) is 11.6. The van der Waals surface area contributed by atoms with Crippen LogP contribution in [-0.2, 0) is 4.79 Å². The average Bonchev–Trinajstić information content (AvgIpc) is 2.32. The Labute approximate surface area is 114 Å². The standard InChI is InChI=1S/C13H20N2O2.ClH/c1-10-4-6-12(7-5-10)17-11(2)13(16)15-9-3-8-14;/h4-7,11H,3,8-9,14H2,1-2H3,(H,15,16);1H. The monoisotopic (exact) mass is 272 g/mol. The number of hydrogen-bond acceptors (Lipinski definition) is 3. The molecule has 18 heavy (non-hydrogen) atoms. The Morgan fingerprint density at radius 1 is 1.39 bits per heavy atom. The van der Waals surface area contributed by atoms with Gasteiger partial charge >= 0.3 is 0 Å². The lowest BCUT2D eigenvalue weighted by Crippen LogP contribution is -2.37. The van der Waals surface area contributed by atoms with Crippen molar-refractivity contribution in [3.63, 3.8) is 0 Å². The maximum atomic E-state index is 11.6. The minimum atomic E-state index is -0.490. The number of rotatable bonds is 6. The van der Waals surface area contributed by atoms with Crippen LogP contribution in [0.4, 0.5) is 0 Å². The Morgan fingerprint density at radius 3 is 2.56 bits per heavy atom. The maximum absolute atomic E-state index is 11.6. The fourth-order valence-electron chi connectivity index (χ4n) is 1.33. The average molecular weight is 273 g/mol. The summed E-state index contributed by atoms with van der Waals surface area (Å²) < 4.78 is 5.52. The lowest BCUT2D eigenvalue weighted by molar-refractivity contribution is -0.127. The van der Waals surface area contributed by atoms with Gasteiger partial charge in [0, 0.05) is 6.54 Å². The molecule has 1 aromatic rings. The molecule has 0 radical (unpaired) electrons. The van der Waals surface area contributed by atoms with E-state index in [0.717, 1.165) is 12.0 Å². The van der Waals surface area contributed by atoms with Gasteiger partial charge in [0.25, 0.3) is 5.91 Å². The quantitative estimate of drug-likeness (QED) is 0.774. The first-order valence-corrected chi connectivity index (χ1v) is 5.84. The summed E-state index contributed by atoms with van der Waals surface area (Å²) >= 11 is 0. The van der Waals surface area contributed by atoms with E-state index in [4.69, 9.17) is 10.5 Å². The van der Waals surface area contributed by atoms with E-state index in [0.29, 0.717) is 18.8 Å². The minimum absolute atomic E-state index is 0. The van der Waals surface area contributed by atoms with Gasteiger partial charge in [0.05, 0.1) is 0 Å². The van der Waals surface area contributed by atoms with Crippen LogP contribution in [-0.4, -0.2) is 25.1 Å². The molecule has 0 fully saturated rings. The zero-order valence-electron chi connectivity index (χ0n) is 10.8. The molecule has 1 aromatic carbocycles. The fraction of sp³-hybridized carbons (Fsp3) is 0.462. The third kappa shape index (κ3) is 5.89. The molecule has 1 rings (SSSR count). The second-order valence-electron chi connectivity index (χ2n) is 4.01. The van der Waals surface area contributed by atoms with Gasteiger partial charge in [-0.15, -0.1) is 12.4 Å². The lowest BCUT2D eigenvalue weighted by Gasteiger charge is -2.14. The summed E-state index contributed by atoms with van der Waals surface area (Å²) in [7, 11) is 0. The number of ether oxygens (including phenoxy) is 1. The Hall–Kier alpha value is -1.26. The summed E-state index contributed by atoms with van der Waals surface area (Å²) in [5, 5.41) is 2.77. The summed E-state index contributed by atoms with van der Waals surface area (Å²) in [6.45, 7) is 4.91. The van der Waals surface area contributed by atoms with Gasteiger partial charge in [0.2, 0.25) is 0 Å². The highest BCUT2D eigenvalue weighted by atomic mass is 35.5. The number of amides is 1. The lowest BCUT2D eigenvalue weighted by atomic mass is 10.2. The first kappa shape index (κ1) is 16.7. The SMILES string of the molecule is Cc1ccc(OC(C)C(=O)NCCCN)cc1.Cl. The Morgan fingerprint density at radius 2 is 2.00 bits per heavy atom. The zero-order chi connectivity index (χ0) is 12.7. The molecule has 1 unspecified atom stereocenters. The third-order valence-electron chi connectivity index (χ3n) is 2.38. The molecule has 1 atom stereocenters. The predicted octanol–water partition coefficient (Wildman–Crippen LogP) is 1.65. The van der Waals surface area contributed by atoms with Crippen molar-refractivity contribution in [3.05, 3.63) is 29.8 Å². The summed E-state index contributed by atoms with van der Waals surface area (Å²) in [4.78, 5) is 11.6. The summed E-state index contributed by atoms with van der Waals surface area (Å²) in [5.74, 6) is 0.594. The largest absolute Gasteiger partial charge is 0.481 e. The van der Waals surface area contributed by atoms with Gasteiger partial charge in [0.15, 0.2) is 6.10 Å². The van der Waals surface area contributed by atoms with Crippen LogP contribution in [0.2, 0.25) is 0 Å². The maximum Gasteiger partial charge on any atom is 0.260 e. The van der Waals surface area contributed by atoms with Crippen molar-refractivity contribution in [2.45, 2.75) is 26.4 Å².